The summed E-state index contributed by atoms with van der Waals surface area (Å²) in [6.45, 7) is 0. The first-order valence-corrected chi connectivity index (χ1v) is 7.87. The molecule has 3 rings (SSSR count). The van der Waals surface area contributed by atoms with Crippen LogP contribution in [0.5, 0.6) is 0 Å². The van der Waals surface area contributed by atoms with Gasteiger partial charge in [-0.15, -0.1) is 11.3 Å². The highest BCUT2D eigenvalue weighted by atomic mass is 35.5. The van der Waals surface area contributed by atoms with Gasteiger partial charge in [0.2, 0.25) is 0 Å². The standard InChI is InChI=1S/C16H15ClO3S/c1-20-14(18)15(11-4-6-12(17)7-5-11)9-16(19,10-15)13-3-2-8-21-13/h2-8,19H,9-10H2,1H3. The van der Waals surface area contributed by atoms with Crippen molar-refractivity contribution in [2.24, 2.45) is 0 Å². The smallest absolute Gasteiger partial charge is 0.316 e. The first-order valence-electron chi connectivity index (χ1n) is 6.61. The minimum atomic E-state index is -0.956. The van der Waals surface area contributed by atoms with Gasteiger partial charge >= 0.3 is 5.97 Å². The second-order valence-corrected chi connectivity index (χ2v) is 6.83. The molecule has 1 saturated carbocycles. The molecule has 1 heterocycles. The Bertz CT molecular complexity index is 643. The molecule has 0 radical (unpaired) electrons. The Hall–Kier alpha value is -1.36. The number of hydrogen-bond donors (Lipinski definition) is 1. The van der Waals surface area contributed by atoms with Crippen molar-refractivity contribution in [3.05, 3.63) is 57.2 Å². The predicted octanol–water partition coefficient (Wildman–Crippen LogP) is 3.49. The van der Waals surface area contributed by atoms with Crippen LogP contribution in [0.2, 0.25) is 5.02 Å². The number of aliphatic hydroxyl groups is 1. The van der Waals surface area contributed by atoms with Gasteiger partial charge in [-0.05, 0) is 29.1 Å². The van der Waals surface area contributed by atoms with Gasteiger partial charge in [-0.2, -0.15) is 0 Å². The lowest BCUT2D eigenvalue weighted by Crippen LogP contribution is -2.57. The van der Waals surface area contributed by atoms with E-state index in [1.165, 1.54) is 18.4 Å². The first kappa shape index (κ1) is 14.6. The monoisotopic (exact) mass is 322 g/mol. The van der Waals surface area contributed by atoms with Crippen molar-refractivity contribution < 1.29 is 14.6 Å². The van der Waals surface area contributed by atoms with Crippen molar-refractivity contribution in [3.63, 3.8) is 0 Å². The van der Waals surface area contributed by atoms with E-state index in [4.69, 9.17) is 16.3 Å². The lowest BCUT2D eigenvalue weighted by molar-refractivity contribution is -0.169. The molecule has 0 amide bonds. The molecule has 1 N–H and O–H groups in total. The van der Waals surface area contributed by atoms with E-state index in [2.05, 4.69) is 0 Å². The molecule has 3 nitrogen and oxygen atoms in total. The number of carbonyl (C=O) groups excluding carboxylic acids is 1. The minimum absolute atomic E-state index is 0.314. The number of methoxy groups -OCH3 is 1. The van der Waals surface area contributed by atoms with Crippen molar-refractivity contribution in [3.8, 4) is 0 Å². The Balaban J connectivity index is 1.95. The molecule has 1 aliphatic carbocycles. The number of ether oxygens (including phenoxy) is 1. The van der Waals surface area contributed by atoms with Crippen molar-refractivity contribution in [1.82, 2.24) is 0 Å². The molecule has 0 spiro atoms. The highest BCUT2D eigenvalue weighted by molar-refractivity contribution is 7.10. The van der Waals surface area contributed by atoms with E-state index in [0.717, 1.165) is 10.4 Å². The van der Waals surface area contributed by atoms with Gasteiger partial charge in [-0.3, -0.25) is 4.79 Å². The number of benzene rings is 1. The van der Waals surface area contributed by atoms with E-state index in [9.17, 15) is 9.90 Å². The zero-order chi connectivity index (χ0) is 15.1. The van der Waals surface area contributed by atoms with Crippen LogP contribution in [0.3, 0.4) is 0 Å². The van der Waals surface area contributed by atoms with E-state index < -0.39 is 11.0 Å². The normalized spacial score (nSPS) is 28.0. The fraction of sp³-hybridized carbons (Fsp3) is 0.312. The second-order valence-electron chi connectivity index (χ2n) is 5.44. The molecule has 1 fully saturated rings. The van der Waals surface area contributed by atoms with Crippen LogP contribution in [0, 0.1) is 0 Å². The maximum atomic E-state index is 12.3. The molecule has 21 heavy (non-hydrogen) atoms. The van der Waals surface area contributed by atoms with Crippen LogP contribution >= 0.6 is 22.9 Å². The summed E-state index contributed by atoms with van der Waals surface area (Å²) in [7, 11) is 1.38. The lowest BCUT2D eigenvalue weighted by Gasteiger charge is -2.51. The zero-order valence-corrected chi connectivity index (χ0v) is 13.1. The van der Waals surface area contributed by atoms with Crippen molar-refractivity contribution in [2.45, 2.75) is 23.9 Å². The number of esters is 1. The first-order chi connectivity index (χ1) is 10.00. The fourth-order valence-corrected chi connectivity index (χ4v) is 4.05. The third kappa shape index (κ3) is 2.27. The maximum Gasteiger partial charge on any atom is 0.316 e. The van der Waals surface area contributed by atoms with E-state index in [-0.39, 0.29) is 5.97 Å². The summed E-state index contributed by atoms with van der Waals surface area (Å²) in [6.07, 6.45) is 0.656. The lowest BCUT2D eigenvalue weighted by atomic mass is 9.55. The van der Waals surface area contributed by atoms with Crippen molar-refractivity contribution in [1.29, 1.82) is 0 Å². The molecule has 1 aliphatic rings. The predicted molar refractivity (Wildman–Crippen MR) is 82.6 cm³/mol. The number of hydrogen-bond acceptors (Lipinski definition) is 4. The van der Waals surface area contributed by atoms with Gasteiger partial charge in [-0.1, -0.05) is 29.8 Å². The summed E-state index contributed by atoms with van der Waals surface area (Å²) in [6, 6.07) is 11.0. The molecule has 0 bridgehead atoms. The summed E-state index contributed by atoms with van der Waals surface area (Å²) in [5.41, 5.74) is -0.917. The summed E-state index contributed by atoms with van der Waals surface area (Å²) in [5.74, 6) is -0.314. The highest BCUT2D eigenvalue weighted by Crippen LogP contribution is 2.56. The van der Waals surface area contributed by atoms with E-state index in [1.54, 1.807) is 12.1 Å². The minimum Gasteiger partial charge on any atom is -0.468 e. The summed E-state index contributed by atoms with van der Waals surface area (Å²) in [5, 5.41) is 13.3. The summed E-state index contributed by atoms with van der Waals surface area (Å²) in [4.78, 5) is 13.2. The Kier molecular flexibility index (Phi) is 3.56. The molecule has 2 aromatic rings. The highest BCUT2D eigenvalue weighted by Gasteiger charge is 2.61. The van der Waals surface area contributed by atoms with Gasteiger partial charge < -0.3 is 9.84 Å². The molecule has 5 heteroatoms. The third-order valence-corrected chi connectivity index (χ3v) is 5.46. The van der Waals surface area contributed by atoms with Gasteiger partial charge in [0.25, 0.3) is 0 Å². The van der Waals surface area contributed by atoms with E-state index >= 15 is 0 Å². The molecule has 0 unspecified atom stereocenters. The molecule has 0 saturated heterocycles. The quantitative estimate of drug-likeness (QED) is 0.880. The molecular formula is C16H15ClO3S. The molecule has 0 aliphatic heterocycles. The van der Waals surface area contributed by atoms with Crippen LogP contribution in [0.1, 0.15) is 23.3 Å². The van der Waals surface area contributed by atoms with Crippen LogP contribution in [-0.4, -0.2) is 18.2 Å². The maximum absolute atomic E-state index is 12.3. The van der Waals surface area contributed by atoms with Gasteiger partial charge in [0.1, 0.15) is 5.60 Å². The van der Waals surface area contributed by atoms with Gasteiger partial charge in [0.15, 0.2) is 0 Å². The van der Waals surface area contributed by atoms with Crippen LogP contribution in [0.25, 0.3) is 0 Å². The molecule has 110 valence electrons. The molecule has 1 aromatic carbocycles. The van der Waals surface area contributed by atoms with Crippen molar-refractivity contribution in [2.75, 3.05) is 7.11 Å². The molecular weight excluding hydrogens is 308 g/mol. The number of thiophene rings is 1. The van der Waals surface area contributed by atoms with Crippen LogP contribution in [0.4, 0.5) is 0 Å². The van der Waals surface area contributed by atoms with E-state index in [0.29, 0.717) is 17.9 Å². The number of carbonyl (C=O) groups is 1. The topological polar surface area (TPSA) is 46.5 Å². The second kappa shape index (κ2) is 5.13. The number of rotatable bonds is 3. The van der Waals surface area contributed by atoms with Crippen LogP contribution in [0.15, 0.2) is 41.8 Å². The molecule has 0 atom stereocenters. The largest absolute Gasteiger partial charge is 0.468 e. The van der Waals surface area contributed by atoms with Crippen LogP contribution < -0.4 is 0 Å². The third-order valence-electron chi connectivity index (χ3n) is 4.14. The van der Waals surface area contributed by atoms with Gasteiger partial charge in [0, 0.05) is 22.7 Å². The molecule has 1 aromatic heterocycles. The summed E-state index contributed by atoms with van der Waals surface area (Å²) >= 11 is 7.41. The Morgan fingerprint density at radius 1 is 1.29 bits per heavy atom. The fourth-order valence-electron chi connectivity index (χ4n) is 3.09. The van der Waals surface area contributed by atoms with Gasteiger partial charge in [0.05, 0.1) is 12.5 Å². The van der Waals surface area contributed by atoms with E-state index in [1.807, 2.05) is 29.6 Å². The van der Waals surface area contributed by atoms with Crippen molar-refractivity contribution >= 4 is 28.9 Å². The summed E-state index contributed by atoms with van der Waals surface area (Å²) < 4.78 is 4.97. The Morgan fingerprint density at radius 3 is 2.48 bits per heavy atom. The average Bonchev–Trinajstić information content (AvgIpc) is 2.98. The van der Waals surface area contributed by atoms with Gasteiger partial charge in [-0.25, -0.2) is 0 Å². The Labute approximate surface area is 132 Å². The SMILES string of the molecule is COC(=O)C1(c2ccc(Cl)cc2)CC(O)(c2cccs2)C1. The zero-order valence-electron chi connectivity index (χ0n) is 11.5. The number of halogens is 1. The van der Waals surface area contributed by atoms with Crippen LogP contribution in [-0.2, 0) is 20.5 Å². The Morgan fingerprint density at radius 2 is 1.95 bits per heavy atom. The average molecular weight is 323 g/mol.